The Kier molecular flexibility index (Phi) is 6.00. The number of aryl methyl sites for hydroxylation is 2. The van der Waals surface area contributed by atoms with Crippen LogP contribution in [0.5, 0.6) is 0 Å². The number of rotatable bonds is 6. The van der Waals surface area contributed by atoms with E-state index in [4.69, 9.17) is 0 Å². The summed E-state index contributed by atoms with van der Waals surface area (Å²) in [5, 5.41) is 19.2. The molecule has 1 heterocycles. The van der Waals surface area contributed by atoms with Gasteiger partial charge in [0.1, 0.15) is 5.01 Å². The molecule has 0 bridgehead atoms. The van der Waals surface area contributed by atoms with E-state index in [0.717, 1.165) is 21.8 Å². The zero-order valence-electron chi connectivity index (χ0n) is 15.6. The Morgan fingerprint density at radius 3 is 2.64 bits per heavy atom. The minimum absolute atomic E-state index is 0.0630. The fourth-order valence-electron chi connectivity index (χ4n) is 2.58. The lowest BCUT2D eigenvalue weighted by Gasteiger charge is -2.09. The highest BCUT2D eigenvalue weighted by atomic mass is 32.1. The van der Waals surface area contributed by atoms with Gasteiger partial charge in [-0.25, -0.2) is 9.78 Å². The van der Waals surface area contributed by atoms with E-state index >= 15 is 0 Å². The van der Waals surface area contributed by atoms with Crippen molar-refractivity contribution in [1.29, 1.82) is 0 Å². The van der Waals surface area contributed by atoms with Gasteiger partial charge in [-0.15, -0.1) is 11.3 Å². The lowest BCUT2D eigenvalue weighted by molar-refractivity contribution is -0.384. The molecule has 0 aliphatic carbocycles. The fourth-order valence-corrected chi connectivity index (χ4v) is 3.44. The number of nitro groups is 1. The minimum Gasteiger partial charge on any atom is -0.337 e. The van der Waals surface area contributed by atoms with Gasteiger partial charge in [-0.3, -0.25) is 10.1 Å². The average Bonchev–Trinajstić information content (AvgIpc) is 3.13. The van der Waals surface area contributed by atoms with Crippen molar-refractivity contribution < 1.29 is 9.72 Å². The van der Waals surface area contributed by atoms with Gasteiger partial charge in [-0.1, -0.05) is 35.9 Å². The number of urea groups is 1. The van der Waals surface area contributed by atoms with Crippen LogP contribution < -0.4 is 10.6 Å². The van der Waals surface area contributed by atoms with Gasteiger partial charge in [0.25, 0.3) is 5.69 Å². The van der Waals surface area contributed by atoms with Crippen LogP contribution in [0.4, 0.5) is 16.2 Å². The number of nitrogens with zero attached hydrogens (tertiary/aromatic N) is 2. The number of amides is 2. The predicted molar refractivity (Wildman–Crippen MR) is 111 cm³/mol. The first-order valence-electron chi connectivity index (χ1n) is 8.74. The summed E-state index contributed by atoms with van der Waals surface area (Å²) in [4.78, 5) is 27.1. The summed E-state index contributed by atoms with van der Waals surface area (Å²) < 4.78 is 0. The number of carbonyl (C=O) groups is 1. The van der Waals surface area contributed by atoms with Crippen LogP contribution in [-0.2, 0) is 6.42 Å². The minimum atomic E-state index is -0.490. The van der Waals surface area contributed by atoms with Crippen LogP contribution in [0.25, 0.3) is 10.6 Å². The summed E-state index contributed by atoms with van der Waals surface area (Å²) in [6.07, 6.45) is 0.601. The zero-order chi connectivity index (χ0) is 20.1. The molecular formula is C20H20N4O3S. The first kappa shape index (κ1) is 19.5. The molecule has 2 aromatic carbocycles. The molecule has 0 aliphatic rings. The molecule has 3 aromatic rings. The molecule has 0 spiro atoms. The lowest BCUT2D eigenvalue weighted by atomic mass is 10.2. The molecule has 0 unspecified atom stereocenters. The Hall–Kier alpha value is -3.26. The van der Waals surface area contributed by atoms with Crippen LogP contribution in [0.1, 0.15) is 16.8 Å². The number of aromatic nitrogens is 1. The molecule has 8 heteroatoms. The van der Waals surface area contributed by atoms with Crippen molar-refractivity contribution in [3.63, 3.8) is 0 Å². The van der Waals surface area contributed by atoms with E-state index in [1.54, 1.807) is 24.3 Å². The number of non-ortho nitro benzene ring substituents is 1. The molecule has 7 nitrogen and oxygen atoms in total. The summed E-state index contributed by atoms with van der Waals surface area (Å²) in [5.41, 5.74) is 4.30. The van der Waals surface area contributed by atoms with Crippen LogP contribution in [0.2, 0.25) is 0 Å². The third-order valence-corrected chi connectivity index (χ3v) is 5.14. The van der Waals surface area contributed by atoms with Gasteiger partial charge < -0.3 is 10.6 Å². The van der Waals surface area contributed by atoms with Crippen molar-refractivity contribution in [2.75, 3.05) is 11.9 Å². The van der Waals surface area contributed by atoms with E-state index < -0.39 is 11.0 Å². The second kappa shape index (κ2) is 8.62. The zero-order valence-corrected chi connectivity index (χ0v) is 16.4. The molecule has 0 radical (unpaired) electrons. The molecule has 3 rings (SSSR count). The van der Waals surface area contributed by atoms with E-state index in [9.17, 15) is 14.9 Å². The molecule has 2 amide bonds. The second-order valence-electron chi connectivity index (χ2n) is 6.40. The molecule has 1 aromatic heterocycles. The van der Waals surface area contributed by atoms with Crippen molar-refractivity contribution in [2.45, 2.75) is 20.3 Å². The Morgan fingerprint density at radius 1 is 1.18 bits per heavy atom. The number of thiazole rings is 1. The predicted octanol–water partition coefficient (Wildman–Crippen LogP) is 4.70. The molecule has 0 atom stereocenters. The van der Waals surface area contributed by atoms with Gasteiger partial charge in [0.2, 0.25) is 0 Å². The van der Waals surface area contributed by atoms with Gasteiger partial charge in [-0.05, 0) is 19.4 Å². The monoisotopic (exact) mass is 396 g/mol. The van der Waals surface area contributed by atoms with Gasteiger partial charge in [0, 0.05) is 36.0 Å². The Morgan fingerprint density at radius 2 is 1.93 bits per heavy atom. The van der Waals surface area contributed by atoms with Crippen molar-refractivity contribution in [3.05, 3.63) is 74.8 Å². The number of nitrogens with one attached hydrogen (secondary N) is 2. The molecular weight excluding hydrogens is 376 g/mol. The summed E-state index contributed by atoms with van der Waals surface area (Å²) in [7, 11) is 0. The maximum absolute atomic E-state index is 12.1. The number of carbonyl (C=O) groups excluding carboxylic acids is 1. The quantitative estimate of drug-likeness (QED) is 0.466. The van der Waals surface area contributed by atoms with E-state index in [1.165, 1.54) is 17.7 Å². The van der Waals surface area contributed by atoms with Crippen molar-refractivity contribution >= 4 is 28.7 Å². The summed E-state index contributed by atoms with van der Waals surface area (Å²) in [6.45, 7) is 4.24. The third kappa shape index (κ3) is 4.92. The highest BCUT2D eigenvalue weighted by Gasteiger charge is 2.11. The summed E-state index contributed by atoms with van der Waals surface area (Å²) >= 11 is 1.57. The Labute approximate surface area is 166 Å². The van der Waals surface area contributed by atoms with Crippen LogP contribution >= 0.6 is 11.3 Å². The van der Waals surface area contributed by atoms with Gasteiger partial charge >= 0.3 is 6.03 Å². The van der Waals surface area contributed by atoms with Gasteiger partial charge in [0.05, 0.1) is 16.3 Å². The summed E-state index contributed by atoms with van der Waals surface area (Å²) in [5.74, 6) is 0. The fraction of sp³-hybridized carbons (Fsp3) is 0.200. The third-order valence-electron chi connectivity index (χ3n) is 4.20. The van der Waals surface area contributed by atoms with Crippen molar-refractivity contribution in [2.24, 2.45) is 0 Å². The largest absolute Gasteiger partial charge is 0.337 e. The maximum Gasteiger partial charge on any atom is 0.319 e. The first-order chi connectivity index (χ1) is 13.4. The number of nitro benzene ring substituents is 1. The molecule has 144 valence electrons. The van der Waals surface area contributed by atoms with E-state index in [2.05, 4.69) is 27.8 Å². The Balaban J connectivity index is 1.53. The van der Waals surface area contributed by atoms with Gasteiger partial charge in [0.15, 0.2) is 0 Å². The molecule has 0 aliphatic heterocycles. The SMILES string of the molecule is Cc1ccc(-c2nc(CCNC(=O)Nc3cc([N+](=O)[O-])ccc3C)cs2)cc1. The average molecular weight is 396 g/mol. The normalized spacial score (nSPS) is 10.5. The summed E-state index contributed by atoms with van der Waals surface area (Å²) in [6, 6.07) is 12.2. The van der Waals surface area contributed by atoms with Crippen LogP contribution in [0.3, 0.4) is 0 Å². The number of benzene rings is 2. The standard InChI is InChI=1S/C20H20N4O3S/c1-13-3-6-15(7-4-13)19-22-16(12-28-19)9-10-21-20(25)23-18-11-17(24(26)27)8-5-14(18)2/h3-8,11-12H,9-10H2,1-2H3,(H2,21,23,25). The molecule has 28 heavy (non-hydrogen) atoms. The maximum atomic E-state index is 12.1. The lowest BCUT2D eigenvalue weighted by Crippen LogP contribution is -2.30. The van der Waals surface area contributed by atoms with Gasteiger partial charge in [-0.2, -0.15) is 0 Å². The van der Waals surface area contributed by atoms with E-state index in [-0.39, 0.29) is 5.69 Å². The van der Waals surface area contributed by atoms with E-state index in [0.29, 0.717) is 18.7 Å². The number of hydrogen-bond acceptors (Lipinski definition) is 5. The number of hydrogen-bond donors (Lipinski definition) is 2. The first-order valence-corrected chi connectivity index (χ1v) is 9.61. The molecule has 2 N–H and O–H groups in total. The molecule has 0 saturated heterocycles. The van der Waals surface area contributed by atoms with Crippen LogP contribution in [0, 0.1) is 24.0 Å². The van der Waals surface area contributed by atoms with E-state index in [1.807, 2.05) is 24.4 Å². The Bertz CT molecular complexity index is 999. The van der Waals surface area contributed by atoms with Crippen LogP contribution in [0.15, 0.2) is 47.8 Å². The highest BCUT2D eigenvalue weighted by molar-refractivity contribution is 7.13. The van der Waals surface area contributed by atoms with Crippen molar-refractivity contribution in [3.8, 4) is 10.6 Å². The molecule has 0 saturated carbocycles. The molecule has 0 fully saturated rings. The smallest absolute Gasteiger partial charge is 0.319 e. The topological polar surface area (TPSA) is 97.2 Å². The highest BCUT2D eigenvalue weighted by Crippen LogP contribution is 2.24. The number of anilines is 1. The van der Waals surface area contributed by atoms with Crippen LogP contribution in [-0.4, -0.2) is 22.5 Å². The second-order valence-corrected chi connectivity index (χ2v) is 7.26. The van der Waals surface area contributed by atoms with Crippen molar-refractivity contribution in [1.82, 2.24) is 10.3 Å².